The number of fused-ring (bicyclic) bond motifs is 1. The van der Waals surface area contributed by atoms with Crippen molar-refractivity contribution < 1.29 is 0 Å². The minimum atomic E-state index is 0.0950. The van der Waals surface area contributed by atoms with Gasteiger partial charge in [-0.05, 0) is 30.3 Å². The molecule has 0 aliphatic carbocycles. The summed E-state index contributed by atoms with van der Waals surface area (Å²) in [5.74, 6) is 0.583. The molecule has 0 aliphatic rings. The van der Waals surface area contributed by atoms with Crippen molar-refractivity contribution in [2.45, 2.75) is 0 Å². The number of benzene rings is 1. The number of nitrogens with two attached hydrogens (primary N) is 1. The second-order valence-corrected chi connectivity index (χ2v) is 6.27. The van der Waals surface area contributed by atoms with Crippen LogP contribution in [-0.4, -0.2) is 19.9 Å². The van der Waals surface area contributed by atoms with Crippen molar-refractivity contribution in [3.63, 3.8) is 0 Å². The smallest absolute Gasteiger partial charge is 0.223 e. The maximum Gasteiger partial charge on any atom is 0.223 e. The molecule has 5 N–H and O–H groups in total. The van der Waals surface area contributed by atoms with Gasteiger partial charge in [0.2, 0.25) is 5.95 Å². The highest BCUT2D eigenvalue weighted by Crippen LogP contribution is 2.31. The second-order valence-electron chi connectivity index (χ2n) is 5.48. The van der Waals surface area contributed by atoms with Crippen molar-refractivity contribution in [2.24, 2.45) is 0 Å². The number of hydrogen-bond donors (Lipinski definition) is 4. The van der Waals surface area contributed by atoms with E-state index in [-0.39, 0.29) is 11.1 Å². The number of anilines is 5. The number of pyridine rings is 1. The van der Waals surface area contributed by atoms with Crippen LogP contribution in [0.5, 0.6) is 0 Å². The highest BCUT2D eigenvalue weighted by atomic mass is 35.5. The standard InChI is InChI=1S/C17H13Cl2N7/c18-11-7-9(23-15-8-14(19)25-17(20)26-15)1-2-13(11)24-12-4-6-22-16-10(12)3-5-21-16/h1-8H,(H2,21,22,24)(H3,20,23,25,26). The Morgan fingerprint density at radius 3 is 2.65 bits per heavy atom. The molecule has 0 spiro atoms. The Hall–Kier alpha value is -3.03. The molecule has 0 unspecified atom stereocenters. The maximum atomic E-state index is 6.42. The van der Waals surface area contributed by atoms with E-state index >= 15 is 0 Å². The molecule has 0 amide bonds. The predicted octanol–water partition coefficient (Wildman–Crippen LogP) is 4.73. The lowest BCUT2D eigenvalue weighted by Crippen LogP contribution is -2.00. The first-order chi connectivity index (χ1) is 12.6. The third-order valence-corrected chi connectivity index (χ3v) is 4.19. The topological polar surface area (TPSA) is 105 Å². The van der Waals surface area contributed by atoms with E-state index in [1.54, 1.807) is 18.3 Å². The minimum absolute atomic E-state index is 0.0950. The zero-order valence-corrected chi connectivity index (χ0v) is 14.8. The zero-order chi connectivity index (χ0) is 18.1. The highest BCUT2D eigenvalue weighted by molar-refractivity contribution is 6.33. The zero-order valence-electron chi connectivity index (χ0n) is 13.3. The molecule has 4 aromatic rings. The summed E-state index contributed by atoms with van der Waals surface area (Å²) in [6.45, 7) is 0. The molecule has 0 fully saturated rings. The number of H-pyrrole nitrogens is 1. The Morgan fingerprint density at radius 2 is 1.85 bits per heavy atom. The molecule has 0 atom stereocenters. The van der Waals surface area contributed by atoms with Crippen molar-refractivity contribution in [1.29, 1.82) is 0 Å². The average Bonchev–Trinajstić information content (AvgIpc) is 3.06. The van der Waals surface area contributed by atoms with Crippen LogP contribution in [-0.2, 0) is 0 Å². The molecule has 130 valence electrons. The van der Waals surface area contributed by atoms with Crippen LogP contribution >= 0.6 is 23.2 Å². The van der Waals surface area contributed by atoms with Gasteiger partial charge in [0.05, 0.1) is 16.4 Å². The lowest BCUT2D eigenvalue weighted by atomic mass is 10.2. The molecule has 4 rings (SSSR count). The van der Waals surface area contributed by atoms with Crippen LogP contribution in [0.15, 0.2) is 48.8 Å². The first kappa shape index (κ1) is 16.4. The molecule has 0 bridgehead atoms. The van der Waals surface area contributed by atoms with E-state index in [2.05, 4.69) is 30.6 Å². The molecule has 3 heterocycles. The number of rotatable bonds is 4. The predicted molar refractivity (Wildman–Crippen MR) is 106 cm³/mol. The summed E-state index contributed by atoms with van der Waals surface area (Å²) in [6, 6.07) is 11.0. The van der Waals surface area contributed by atoms with Crippen LogP contribution in [0.4, 0.5) is 28.8 Å². The quantitative estimate of drug-likeness (QED) is 0.378. The van der Waals surface area contributed by atoms with Gasteiger partial charge in [0.15, 0.2) is 0 Å². The van der Waals surface area contributed by atoms with Crippen molar-refractivity contribution in [1.82, 2.24) is 19.9 Å². The van der Waals surface area contributed by atoms with Gasteiger partial charge in [-0.15, -0.1) is 0 Å². The fourth-order valence-corrected chi connectivity index (χ4v) is 2.97. The van der Waals surface area contributed by atoms with Gasteiger partial charge in [0.25, 0.3) is 0 Å². The number of nitrogen functional groups attached to an aromatic ring is 1. The Balaban J connectivity index is 1.59. The van der Waals surface area contributed by atoms with Gasteiger partial charge in [-0.3, -0.25) is 0 Å². The van der Waals surface area contributed by atoms with Crippen LogP contribution in [0, 0.1) is 0 Å². The van der Waals surface area contributed by atoms with Crippen molar-refractivity contribution in [3.05, 3.63) is 59.0 Å². The molecule has 0 saturated carbocycles. The fourth-order valence-electron chi connectivity index (χ4n) is 2.56. The van der Waals surface area contributed by atoms with E-state index in [9.17, 15) is 0 Å². The monoisotopic (exact) mass is 385 g/mol. The molecule has 0 radical (unpaired) electrons. The van der Waals surface area contributed by atoms with E-state index < -0.39 is 0 Å². The van der Waals surface area contributed by atoms with Gasteiger partial charge in [-0.1, -0.05) is 23.2 Å². The van der Waals surface area contributed by atoms with E-state index in [4.69, 9.17) is 28.9 Å². The van der Waals surface area contributed by atoms with Crippen LogP contribution in [0.2, 0.25) is 10.2 Å². The molecular weight excluding hydrogens is 373 g/mol. The summed E-state index contributed by atoms with van der Waals surface area (Å²) in [4.78, 5) is 15.3. The van der Waals surface area contributed by atoms with E-state index in [1.807, 2.05) is 30.5 Å². The number of aromatic amines is 1. The molecule has 1 aromatic carbocycles. The van der Waals surface area contributed by atoms with Gasteiger partial charge in [0, 0.05) is 29.5 Å². The van der Waals surface area contributed by atoms with Crippen molar-refractivity contribution >= 4 is 63.1 Å². The van der Waals surface area contributed by atoms with Gasteiger partial charge in [-0.2, -0.15) is 4.98 Å². The van der Waals surface area contributed by atoms with Gasteiger partial charge >= 0.3 is 0 Å². The second kappa shape index (κ2) is 6.70. The summed E-state index contributed by atoms with van der Waals surface area (Å²) in [5, 5.41) is 8.21. The first-order valence-corrected chi connectivity index (χ1v) is 8.40. The summed E-state index contributed by atoms with van der Waals surface area (Å²) in [7, 11) is 0. The summed E-state index contributed by atoms with van der Waals surface area (Å²) >= 11 is 12.3. The minimum Gasteiger partial charge on any atom is -0.368 e. The van der Waals surface area contributed by atoms with Gasteiger partial charge in [0.1, 0.15) is 16.6 Å². The first-order valence-electron chi connectivity index (χ1n) is 7.64. The lowest BCUT2D eigenvalue weighted by molar-refractivity contribution is 1.18. The third kappa shape index (κ3) is 3.35. The normalized spacial score (nSPS) is 10.8. The molecule has 26 heavy (non-hydrogen) atoms. The average molecular weight is 386 g/mol. The third-order valence-electron chi connectivity index (χ3n) is 3.68. The largest absolute Gasteiger partial charge is 0.368 e. The van der Waals surface area contributed by atoms with Crippen molar-refractivity contribution in [2.75, 3.05) is 16.4 Å². The van der Waals surface area contributed by atoms with E-state index in [0.29, 0.717) is 10.8 Å². The molecule has 0 saturated heterocycles. The molecule has 3 aromatic heterocycles. The van der Waals surface area contributed by atoms with Crippen molar-refractivity contribution in [3.8, 4) is 0 Å². The summed E-state index contributed by atoms with van der Waals surface area (Å²) in [6.07, 6.45) is 3.57. The highest BCUT2D eigenvalue weighted by Gasteiger charge is 2.08. The number of halogens is 2. The Bertz CT molecular complexity index is 1070. The number of nitrogens with zero attached hydrogens (tertiary/aromatic N) is 3. The lowest BCUT2D eigenvalue weighted by Gasteiger charge is -2.12. The maximum absolute atomic E-state index is 6.42. The fraction of sp³-hybridized carbons (Fsp3) is 0. The molecule has 9 heteroatoms. The van der Waals surface area contributed by atoms with E-state index in [1.165, 1.54) is 0 Å². The van der Waals surface area contributed by atoms with Crippen LogP contribution in [0.25, 0.3) is 11.0 Å². The summed E-state index contributed by atoms with van der Waals surface area (Å²) in [5.41, 5.74) is 8.83. The van der Waals surface area contributed by atoms with Crippen LogP contribution in [0.1, 0.15) is 0 Å². The van der Waals surface area contributed by atoms with Crippen LogP contribution in [0.3, 0.4) is 0 Å². The molecular formula is C17H13Cl2N7. The Morgan fingerprint density at radius 1 is 0.962 bits per heavy atom. The SMILES string of the molecule is Nc1nc(Cl)cc(Nc2ccc(Nc3ccnc4[nH]ccc34)c(Cl)c2)n1. The van der Waals surface area contributed by atoms with Gasteiger partial charge < -0.3 is 21.4 Å². The summed E-state index contributed by atoms with van der Waals surface area (Å²) < 4.78 is 0. The van der Waals surface area contributed by atoms with Gasteiger partial charge in [-0.25, -0.2) is 9.97 Å². The number of aromatic nitrogens is 4. The Labute approximate surface area is 158 Å². The molecule has 7 nitrogen and oxygen atoms in total. The number of nitrogens with one attached hydrogen (secondary N) is 3. The van der Waals surface area contributed by atoms with Crippen LogP contribution < -0.4 is 16.4 Å². The Kier molecular flexibility index (Phi) is 4.24. The van der Waals surface area contributed by atoms with E-state index in [0.717, 1.165) is 28.1 Å². The number of hydrogen-bond acceptors (Lipinski definition) is 6. The molecule has 0 aliphatic heterocycles.